The van der Waals surface area contributed by atoms with E-state index in [0.717, 1.165) is 30.7 Å². The Morgan fingerprint density at radius 3 is 2.67 bits per heavy atom. The third-order valence-electron chi connectivity index (χ3n) is 4.91. The van der Waals surface area contributed by atoms with Gasteiger partial charge in [0.25, 0.3) is 5.69 Å². The van der Waals surface area contributed by atoms with E-state index >= 15 is 0 Å². The molecule has 1 aromatic heterocycles. The molecule has 0 unspecified atom stereocenters. The van der Waals surface area contributed by atoms with Crippen molar-refractivity contribution in [2.45, 2.75) is 47.2 Å². The van der Waals surface area contributed by atoms with Crippen LogP contribution < -0.4 is 5.73 Å². The second-order valence-electron chi connectivity index (χ2n) is 7.21. The van der Waals surface area contributed by atoms with Gasteiger partial charge in [0.2, 0.25) is 15.9 Å². The van der Waals surface area contributed by atoms with Crippen LogP contribution in [0, 0.1) is 23.0 Å². The first-order valence-corrected chi connectivity index (χ1v) is 12.4. The minimum Gasteiger partial charge on any atom is -0.369 e. The van der Waals surface area contributed by atoms with Gasteiger partial charge in [-0.3, -0.25) is 14.9 Å². The fourth-order valence-electron chi connectivity index (χ4n) is 3.12. The number of sulfonamides is 1. The lowest BCUT2D eigenvalue weighted by Gasteiger charge is -2.29. The molecule has 0 saturated carbocycles. The van der Waals surface area contributed by atoms with Crippen LogP contribution in [0.2, 0.25) is 0 Å². The van der Waals surface area contributed by atoms with Crippen molar-refractivity contribution in [3.63, 3.8) is 0 Å². The molecule has 1 fully saturated rings. The summed E-state index contributed by atoms with van der Waals surface area (Å²) in [6.07, 6.45) is 1.59. The molecule has 0 aliphatic carbocycles. The Labute approximate surface area is 182 Å². The molecule has 162 valence electrons. The molecule has 3 rings (SSSR count). The fourth-order valence-corrected chi connectivity index (χ4v) is 6.90. The summed E-state index contributed by atoms with van der Waals surface area (Å²) in [4.78, 5) is 27.4. The molecule has 1 amide bonds. The van der Waals surface area contributed by atoms with Crippen molar-refractivity contribution >= 4 is 44.7 Å². The van der Waals surface area contributed by atoms with Gasteiger partial charge >= 0.3 is 0 Å². The molecular weight excluding hydrogens is 448 g/mol. The summed E-state index contributed by atoms with van der Waals surface area (Å²) in [5, 5.41) is 11.6. The summed E-state index contributed by atoms with van der Waals surface area (Å²) in [6, 6.07) is 3.95. The number of nitrogens with zero attached hydrogens (tertiary/aromatic N) is 3. The molecule has 0 radical (unpaired) electrons. The second kappa shape index (κ2) is 9.00. The molecule has 0 spiro atoms. The van der Waals surface area contributed by atoms with E-state index in [1.807, 2.05) is 0 Å². The third kappa shape index (κ3) is 4.99. The summed E-state index contributed by atoms with van der Waals surface area (Å²) in [6.45, 7) is 4.64. The number of piperidine rings is 1. The summed E-state index contributed by atoms with van der Waals surface area (Å²) in [5.41, 5.74) is 5.57. The van der Waals surface area contributed by atoms with Crippen LogP contribution >= 0.6 is 23.1 Å². The zero-order chi connectivity index (χ0) is 22.1. The molecular formula is C18H22N4O5S3. The first-order chi connectivity index (χ1) is 14.1. The van der Waals surface area contributed by atoms with E-state index in [2.05, 4.69) is 11.9 Å². The summed E-state index contributed by atoms with van der Waals surface area (Å²) >= 11 is 2.30. The Kier molecular flexibility index (Phi) is 6.80. The number of thiazole rings is 1. The van der Waals surface area contributed by atoms with E-state index in [4.69, 9.17) is 5.73 Å². The van der Waals surface area contributed by atoms with Crippen LogP contribution in [0.15, 0.2) is 32.3 Å². The Morgan fingerprint density at radius 2 is 2.07 bits per heavy atom. The van der Waals surface area contributed by atoms with E-state index in [1.54, 1.807) is 6.92 Å². The number of carbonyl (C=O) groups is 1. The average molecular weight is 471 g/mol. The molecule has 2 N–H and O–H groups in total. The number of aromatic nitrogens is 1. The van der Waals surface area contributed by atoms with Crippen molar-refractivity contribution in [1.82, 2.24) is 9.29 Å². The molecule has 1 aliphatic heterocycles. The monoisotopic (exact) mass is 470 g/mol. The number of rotatable bonds is 7. The van der Waals surface area contributed by atoms with Gasteiger partial charge < -0.3 is 5.73 Å². The number of benzene rings is 1. The second-order valence-corrected chi connectivity index (χ2v) is 11.5. The van der Waals surface area contributed by atoms with Crippen LogP contribution in [0.25, 0.3) is 0 Å². The molecule has 1 aliphatic rings. The maximum atomic E-state index is 12.9. The highest BCUT2D eigenvalue weighted by Crippen LogP contribution is 2.39. The van der Waals surface area contributed by atoms with Crippen molar-refractivity contribution < 1.29 is 18.1 Å². The molecule has 30 heavy (non-hydrogen) atoms. The lowest BCUT2D eigenvalue weighted by molar-refractivity contribution is -0.388. The Bertz CT molecular complexity index is 1080. The molecule has 12 heteroatoms. The maximum Gasteiger partial charge on any atom is 0.284 e. The van der Waals surface area contributed by atoms with Gasteiger partial charge in [-0.05, 0) is 37.8 Å². The number of carbonyl (C=O) groups excluding carboxylic acids is 1. The van der Waals surface area contributed by atoms with Gasteiger partial charge in [0.05, 0.1) is 26.8 Å². The normalized spacial score (nSPS) is 15.9. The number of primary amides is 1. The summed E-state index contributed by atoms with van der Waals surface area (Å²) in [7, 11) is -3.79. The quantitative estimate of drug-likeness (QED) is 0.485. The fraction of sp³-hybridized carbons (Fsp3) is 0.444. The van der Waals surface area contributed by atoms with Gasteiger partial charge in [0.1, 0.15) is 0 Å². The van der Waals surface area contributed by atoms with Gasteiger partial charge in [-0.1, -0.05) is 18.7 Å². The van der Waals surface area contributed by atoms with Gasteiger partial charge in [-0.25, -0.2) is 13.4 Å². The lowest BCUT2D eigenvalue weighted by atomic mass is 10.0. The van der Waals surface area contributed by atoms with Crippen LogP contribution in [0.4, 0.5) is 5.69 Å². The van der Waals surface area contributed by atoms with E-state index in [0.29, 0.717) is 33.9 Å². The number of nitro groups is 1. The van der Waals surface area contributed by atoms with Gasteiger partial charge in [-0.2, -0.15) is 4.31 Å². The molecule has 1 aromatic carbocycles. The lowest BCUT2D eigenvalue weighted by Crippen LogP contribution is -2.37. The Balaban J connectivity index is 1.89. The van der Waals surface area contributed by atoms with Crippen LogP contribution in [0.3, 0.4) is 0 Å². The number of hydrogen-bond donors (Lipinski definition) is 1. The number of nitro benzene ring substituents is 1. The van der Waals surface area contributed by atoms with E-state index in [1.165, 1.54) is 27.8 Å². The van der Waals surface area contributed by atoms with Gasteiger partial charge in [-0.15, -0.1) is 11.3 Å². The van der Waals surface area contributed by atoms with Crippen molar-refractivity contribution in [3.8, 4) is 0 Å². The minimum atomic E-state index is -3.79. The number of nitrogens with two attached hydrogens (primary N) is 1. The largest absolute Gasteiger partial charge is 0.369 e. The SMILES string of the molecule is Cc1nc(Sc2ccc(S(=O)(=O)N3CCC(C)CC3)cc2[N+](=O)[O-])sc1CC(N)=O. The first-order valence-electron chi connectivity index (χ1n) is 9.29. The highest BCUT2D eigenvalue weighted by atomic mass is 32.2. The van der Waals surface area contributed by atoms with Crippen molar-refractivity contribution in [1.29, 1.82) is 0 Å². The van der Waals surface area contributed by atoms with Gasteiger partial charge in [0, 0.05) is 24.0 Å². The van der Waals surface area contributed by atoms with Crippen LogP contribution in [0.1, 0.15) is 30.3 Å². The standard InChI is InChI=1S/C18H22N4O5S3/c1-11-5-7-21(8-6-11)30(26,27)13-3-4-15(14(9-13)22(24)25)28-18-20-12(2)16(29-18)10-17(19)23/h3-4,9,11H,5-8,10H2,1-2H3,(H2,19,23). The highest BCUT2D eigenvalue weighted by molar-refractivity contribution is 8.01. The Morgan fingerprint density at radius 1 is 1.40 bits per heavy atom. The number of hydrogen-bond acceptors (Lipinski definition) is 8. The zero-order valence-corrected chi connectivity index (χ0v) is 19.0. The predicted octanol–water partition coefficient (Wildman–Crippen LogP) is 2.96. The van der Waals surface area contributed by atoms with Crippen LogP contribution in [-0.4, -0.2) is 41.6 Å². The molecule has 0 atom stereocenters. The number of aryl methyl sites for hydroxylation is 1. The first kappa shape index (κ1) is 22.7. The van der Waals surface area contributed by atoms with E-state index < -0.39 is 20.9 Å². The Hall–Kier alpha value is -2.02. The van der Waals surface area contributed by atoms with Crippen molar-refractivity contribution in [3.05, 3.63) is 38.9 Å². The molecule has 1 saturated heterocycles. The van der Waals surface area contributed by atoms with E-state index in [-0.39, 0.29) is 21.9 Å². The molecule has 0 bridgehead atoms. The highest BCUT2D eigenvalue weighted by Gasteiger charge is 2.30. The third-order valence-corrected chi connectivity index (χ3v) is 9.09. The predicted molar refractivity (Wildman–Crippen MR) is 114 cm³/mol. The van der Waals surface area contributed by atoms with Crippen molar-refractivity contribution in [2.75, 3.05) is 13.1 Å². The average Bonchev–Trinajstić information content (AvgIpc) is 3.00. The summed E-state index contributed by atoms with van der Waals surface area (Å²) < 4.78 is 27.8. The topological polar surface area (TPSA) is 136 Å². The van der Waals surface area contributed by atoms with E-state index in [9.17, 15) is 23.3 Å². The van der Waals surface area contributed by atoms with Gasteiger partial charge in [0.15, 0.2) is 4.34 Å². The molecule has 2 heterocycles. The molecule has 9 nitrogen and oxygen atoms in total. The van der Waals surface area contributed by atoms with Crippen LogP contribution in [0.5, 0.6) is 0 Å². The smallest absolute Gasteiger partial charge is 0.284 e. The molecule has 2 aromatic rings. The van der Waals surface area contributed by atoms with Crippen LogP contribution in [-0.2, 0) is 21.2 Å². The maximum absolute atomic E-state index is 12.9. The number of amides is 1. The summed E-state index contributed by atoms with van der Waals surface area (Å²) in [5.74, 6) is -0.0169. The zero-order valence-electron chi connectivity index (χ0n) is 16.5. The van der Waals surface area contributed by atoms with Crippen molar-refractivity contribution in [2.24, 2.45) is 11.7 Å². The minimum absolute atomic E-state index is 0.0534.